The Kier molecular flexibility index (Phi) is 34.0. The number of benzene rings is 8. The van der Waals surface area contributed by atoms with Crippen molar-refractivity contribution in [3.8, 4) is 45.7 Å². The lowest BCUT2D eigenvalue weighted by atomic mass is 8.81. The van der Waals surface area contributed by atoms with Gasteiger partial charge < -0.3 is 53.4 Å². The van der Waals surface area contributed by atoms with Crippen LogP contribution in [-0.4, -0.2) is 246 Å². The molecule has 14 rings (SSSR count). The van der Waals surface area contributed by atoms with Gasteiger partial charge in [-0.15, -0.1) is 60.0 Å². The van der Waals surface area contributed by atoms with E-state index in [2.05, 4.69) is 63.0 Å². The second-order valence-electron chi connectivity index (χ2n) is 26.6. The number of likely N-dealkylation sites (N-methyl/N-ethyl adjacent to an activating group) is 1. The summed E-state index contributed by atoms with van der Waals surface area (Å²) in [5, 5.41) is 84.2. The molecule has 8 aromatic carbocycles. The fourth-order valence-electron chi connectivity index (χ4n) is 10.5. The molecule has 9 radical (unpaired) electrons. The van der Waals surface area contributed by atoms with Crippen LogP contribution >= 0.6 is 33.8 Å². The van der Waals surface area contributed by atoms with Crippen LogP contribution in [0.5, 0.6) is 23.0 Å². The minimum absolute atomic E-state index is 0.00654. The van der Waals surface area contributed by atoms with Gasteiger partial charge in [0, 0.05) is 86.2 Å². The topological polar surface area (TPSA) is 415 Å². The third kappa shape index (κ3) is 28.6. The molecule has 1 atom stereocenters. The van der Waals surface area contributed by atoms with Crippen LogP contribution in [0, 0.1) is 0 Å². The van der Waals surface area contributed by atoms with Gasteiger partial charge in [-0.25, -0.2) is 18.7 Å². The van der Waals surface area contributed by atoms with Crippen LogP contribution in [0.4, 0.5) is 0 Å². The maximum Gasteiger partial charge on any atom is 0.474 e. The number of rotatable bonds is 28. The number of aliphatic hydroxyl groups is 1. The summed E-state index contributed by atoms with van der Waals surface area (Å²) in [6.45, 7) is 9.73. The number of nitrogens with zero attached hydrogens (tertiary/aromatic N) is 13. The second-order valence-corrected chi connectivity index (χ2v) is 32.3. The van der Waals surface area contributed by atoms with Crippen LogP contribution in [0.2, 0.25) is 0 Å². The summed E-state index contributed by atoms with van der Waals surface area (Å²) >= 11 is 5.08. The summed E-state index contributed by atoms with van der Waals surface area (Å²) < 4.78 is 79.0. The molecule has 0 saturated carbocycles. The molecule has 2 saturated heterocycles. The fraction of sp³-hybridized carbons (Fsp3) is 0.270. The lowest BCUT2D eigenvalue weighted by Gasteiger charge is -2.31. The molecular weight excluding hydrogens is 1590 g/mol. The monoisotopic (exact) mass is 1680 g/mol. The number of aromatic hydroxyl groups is 4. The molecule has 0 aliphatic carbocycles. The van der Waals surface area contributed by atoms with Gasteiger partial charge in [-0.2, -0.15) is 0 Å². The van der Waals surface area contributed by atoms with Gasteiger partial charge >= 0.3 is 26.7 Å². The third-order valence-electron chi connectivity index (χ3n) is 16.6. The molecule has 1 unspecified atom stereocenters. The third-order valence-corrected chi connectivity index (χ3v) is 20.7. The molecule has 2 aliphatic rings. The number of aliphatic hydroxyl groups excluding tert-OH is 1. The van der Waals surface area contributed by atoms with Crippen molar-refractivity contribution in [2.45, 2.75) is 39.5 Å². The van der Waals surface area contributed by atoms with Crippen molar-refractivity contribution in [3.63, 3.8) is 0 Å². The number of phenolic OH excluding ortho intramolecular Hbond substituents is 4. The average Bonchev–Trinajstić information content (AvgIpc) is 1.67. The highest BCUT2D eigenvalue weighted by Crippen LogP contribution is 2.56. The summed E-state index contributed by atoms with van der Waals surface area (Å²) in [6, 6.07) is 50.0. The Labute approximate surface area is 691 Å². The number of phenols is 4. The number of hydrogen-bond acceptors (Lipinski definition) is 28. The Bertz CT molecular complexity index is 5420. The van der Waals surface area contributed by atoms with Gasteiger partial charge in [-0.3, -0.25) is 27.2 Å². The van der Waals surface area contributed by atoms with E-state index >= 15 is 0 Å². The quantitative estimate of drug-likeness (QED) is 0.0101. The van der Waals surface area contributed by atoms with Gasteiger partial charge in [0.2, 0.25) is 0 Å². The molecule has 605 valence electrons. The van der Waals surface area contributed by atoms with Gasteiger partial charge in [0.25, 0.3) is 7.82 Å². The van der Waals surface area contributed by atoms with Crippen LogP contribution in [0.25, 0.3) is 66.9 Å². The highest BCUT2D eigenvalue weighted by molar-refractivity contribution is 7.81. The standard InChI is InChI=1S/C24H31N4O7P.C18H17N3O3.C16H16N3O5P.C14H13N3O2.C2H4ClO3P.B7/c1-18(2)24(30)33-15-12-28(3,4)13-16-35-36(31,32)34-14-11-19-9-10-23(29)22(17-19)27-25-20-7-5-6-8-21(20)26-27;1-12(2)18(23)24-10-9-13-7-8-17(22)16(11-13)21-19-14-5-3-4-6-15(14)20-21;20-16-6-5-12(7-8-22-25(21)23-9-10-24-25)11-15(16)19-17-13-3-1-2-4-14(13)18-19;18-8-7-10-5-6-14(19)13(9-10)17-15-11-3-1-2-4-12(11)16-17;3-7(4)5-1-2-6-7;1-6(2)5-7(3)4/h5-10,17H,1,11-16H2,2-4H3,(H-,29,31,32);3-8,11,22H,1,9-10H2,2H3;1-6,11,20H,7-10H2;1-6,9,18-19H,7-8H2;1-2H2;. The van der Waals surface area contributed by atoms with Crippen molar-refractivity contribution in [1.29, 1.82) is 0 Å². The molecule has 12 aromatic rings. The summed E-state index contributed by atoms with van der Waals surface area (Å²) in [5.41, 5.74) is 11.9. The van der Waals surface area contributed by atoms with E-state index in [1.54, 1.807) is 80.6 Å². The minimum atomic E-state index is -4.51. The molecule has 2 fully saturated rings. The van der Waals surface area contributed by atoms with Crippen LogP contribution in [0.1, 0.15) is 36.1 Å². The molecule has 4 aromatic heterocycles. The van der Waals surface area contributed by atoms with E-state index in [0.29, 0.717) is 95.0 Å². The van der Waals surface area contributed by atoms with Gasteiger partial charge in [-0.05, 0) is 152 Å². The summed E-state index contributed by atoms with van der Waals surface area (Å²) in [7, 11) is 17.5. The van der Waals surface area contributed by atoms with Crippen LogP contribution < -0.4 is 4.89 Å². The Hall–Kier alpha value is -9.99. The van der Waals surface area contributed by atoms with E-state index in [4.69, 9.17) is 79.4 Å². The highest BCUT2D eigenvalue weighted by atomic mass is 35.7. The van der Waals surface area contributed by atoms with Gasteiger partial charge in [-0.1, -0.05) is 86.0 Å². The number of carbonyl (C=O) groups excluding carboxylic acids is 2. The van der Waals surface area contributed by atoms with E-state index in [-0.39, 0.29) is 82.3 Å². The van der Waals surface area contributed by atoms with Gasteiger partial charge in [0.15, 0.2) is 0 Å². The first-order valence-electron chi connectivity index (χ1n) is 36.5. The zero-order valence-electron chi connectivity index (χ0n) is 64.8. The highest BCUT2D eigenvalue weighted by Gasteiger charge is 2.32. The average molecular weight is 1680 g/mol. The molecule has 5 N–H and O–H groups in total. The predicted octanol–water partition coefficient (Wildman–Crippen LogP) is 8.37. The smallest absolute Gasteiger partial charge is 0.474 e. The van der Waals surface area contributed by atoms with Crippen molar-refractivity contribution in [2.24, 2.45) is 0 Å². The van der Waals surface area contributed by atoms with Crippen molar-refractivity contribution in [1.82, 2.24) is 60.0 Å². The van der Waals surface area contributed by atoms with Crippen molar-refractivity contribution < 1.29 is 99.3 Å². The number of phosphoric ester groups is 2. The normalized spacial score (nSPS) is 13.7. The first-order valence-corrected chi connectivity index (χ1v) is 41.9. The molecule has 33 nitrogen and oxygen atoms in total. The molecule has 6 heterocycles. The first kappa shape index (κ1) is 91.9. The Morgan fingerprint density at radius 2 is 0.780 bits per heavy atom. The van der Waals surface area contributed by atoms with E-state index in [0.717, 1.165) is 55.4 Å². The lowest BCUT2D eigenvalue weighted by molar-refractivity contribution is -0.890. The molecule has 118 heavy (non-hydrogen) atoms. The molecule has 0 spiro atoms. The lowest BCUT2D eigenvalue weighted by Crippen LogP contribution is -2.45. The zero-order chi connectivity index (χ0) is 85.2. The molecule has 0 amide bonds. The van der Waals surface area contributed by atoms with Crippen LogP contribution in [0.15, 0.2) is 194 Å². The number of quaternary nitrogens is 1. The molecule has 2 aliphatic heterocycles. The van der Waals surface area contributed by atoms with Gasteiger partial charge in [0.05, 0.1) is 60.3 Å². The van der Waals surface area contributed by atoms with Gasteiger partial charge in [0.1, 0.15) is 116 Å². The van der Waals surface area contributed by atoms with Crippen LogP contribution in [-0.2, 0) is 90.1 Å². The Morgan fingerprint density at radius 1 is 0.492 bits per heavy atom. The van der Waals surface area contributed by atoms with E-state index in [1.165, 1.54) is 32.3 Å². The number of halogens is 1. The number of hydrogen-bond donors (Lipinski definition) is 5. The molecule has 0 bridgehead atoms. The SMILES string of the molecule is C=C(C)C(=O)OCC[N+](C)(C)CCOP(=O)([O-])OCCc1ccc(O)c(-n2nc3ccccc3n2)c1.C=C(C)C(=O)OCCc1ccc(O)c(-n2nc3ccccc3n2)c1.O=P1(Cl)OCCO1.O=P1(OCCc2ccc(O)c(-n3nc4ccccc4n3)c2)OCCO1.OCCc1ccc(O)c(-n2nc3ccccc3n2)c1.[B]B([B])[B]B([B])[B]. The maximum absolute atomic E-state index is 12.2. The van der Waals surface area contributed by atoms with E-state index in [9.17, 15) is 48.6 Å². The number of ether oxygens (including phenoxy) is 2. The van der Waals surface area contributed by atoms with E-state index < -0.39 is 47.3 Å². The Morgan fingerprint density at radius 3 is 1.08 bits per heavy atom. The van der Waals surface area contributed by atoms with Crippen LogP contribution in [0.3, 0.4) is 0 Å². The minimum Gasteiger partial charge on any atom is -0.756 e. The number of aromatic nitrogens is 12. The fourth-order valence-corrected chi connectivity index (χ4v) is 13.4. The van der Waals surface area contributed by atoms with Crippen molar-refractivity contribution >= 4 is 141 Å². The zero-order valence-corrected chi connectivity index (χ0v) is 68.3. The number of phosphoric acid groups is 2. The van der Waals surface area contributed by atoms with E-state index in [1.807, 2.05) is 111 Å². The van der Waals surface area contributed by atoms with Crippen molar-refractivity contribution in [3.05, 3.63) is 216 Å². The number of esters is 2. The first-order chi connectivity index (χ1) is 56.2. The predicted molar refractivity (Wildman–Crippen MR) is 448 cm³/mol. The Balaban J connectivity index is 0.000000173. The summed E-state index contributed by atoms with van der Waals surface area (Å²) in [4.78, 5) is 40.6. The molecule has 44 heteroatoms. The number of carbonyl (C=O) groups is 2. The second kappa shape index (κ2) is 43.6. The maximum atomic E-state index is 12.2. The largest absolute Gasteiger partial charge is 0.756 e. The molecular formula is C74H81B7ClN13O20P3. The summed E-state index contributed by atoms with van der Waals surface area (Å²) in [6.07, 6.45) is 0.797. The summed E-state index contributed by atoms with van der Waals surface area (Å²) in [5.74, 6) is -0.610. The van der Waals surface area contributed by atoms with Crippen molar-refractivity contribution in [2.75, 3.05) is 93.3 Å². The number of fused-ring (bicyclic) bond motifs is 4.